The number of hydrogen-bond acceptors (Lipinski definition) is 4. The number of methoxy groups -OCH3 is 2. The number of benzene rings is 3. The average molecular weight is 390 g/mol. The van der Waals surface area contributed by atoms with Crippen molar-refractivity contribution in [1.82, 2.24) is 0 Å². The molecule has 0 aliphatic rings. The Labute approximate surface area is 169 Å². The molecule has 0 fully saturated rings. The van der Waals surface area contributed by atoms with E-state index in [0.717, 1.165) is 5.56 Å². The van der Waals surface area contributed by atoms with E-state index in [0.29, 0.717) is 34.0 Å². The Bertz CT molecular complexity index is 1010. The molecule has 3 aromatic rings. The van der Waals surface area contributed by atoms with E-state index in [1.165, 1.54) is 14.2 Å². The standard InChI is InChI=1S/C23H22N2O4/c1-15-12-13-17(24-22(26)16-8-5-4-6-9-16)14-18(15)25-23(27)21-19(28-2)10-7-11-20(21)29-3/h4-14H,1-3H3,(H,24,26)(H,25,27). The Morgan fingerprint density at radius 2 is 1.41 bits per heavy atom. The Morgan fingerprint density at radius 3 is 2.03 bits per heavy atom. The lowest BCUT2D eigenvalue weighted by Crippen LogP contribution is -2.16. The number of carbonyl (C=O) groups is 2. The van der Waals surface area contributed by atoms with E-state index >= 15 is 0 Å². The average Bonchev–Trinajstić information content (AvgIpc) is 2.75. The number of anilines is 2. The van der Waals surface area contributed by atoms with Crippen molar-refractivity contribution in [2.75, 3.05) is 24.9 Å². The topological polar surface area (TPSA) is 76.7 Å². The van der Waals surface area contributed by atoms with Crippen LogP contribution in [0.5, 0.6) is 11.5 Å². The number of amides is 2. The maximum atomic E-state index is 12.9. The van der Waals surface area contributed by atoms with Gasteiger partial charge in [0.2, 0.25) is 0 Å². The van der Waals surface area contributed by atoms with Crippen molar-refractivity contribution in [3.05, 3.63) is 83.4 Å². The summed E-state index contributed by atoms with van der Waals surface area (Å²) in [4.78, 5) is 25.3. The van der Waals surface area contributed by atoms with Crippen molar-refractivity contribution in [1.29, 1.82) is 0 Å². The lowest BCUT2D eigenvalue weighted by atomic mass is 10.1. The summed E-state index contributed by atoms with van der Waals surface area (Å²) >= 11 is 0. The first kappa shape index (κ1) is 19.9. The third-order valence-corrected chi connectivity index (χ3v) is 4.43. The Balaban J connectivity index is 1.84. The Kier molecular flexibility index (Phi) is 6.14. The van der Waals surface area contributed by atoms with E-state index in [1.54, 1.807) is 54.6 Å². The molecule has 0 spiro atoms. The zero-order chi connectivity index (χ0) is 20.8. The third kappa shape index (κ3) is 4.55. The first-order valence-corrected chi connectivity index (χ1v) is 9.03. The maximum Gasteiger partial charge on any atom is 0.263 e. The summed E-state index contributed by atoms with van der Waals surface area (Å²) in [5, 5.41) is 5.72. The van der Waals surface area contributed by atoms with Gasteiger partial charge in [0.05, 0.1) is 14.2 Å². The molecule has 0 saturated heterocycles. The van der Waals surface area contributed by atoms with E-state index in [9.17, 15) is 9.59 Å². The molecule has 0 bridgehead atoms. The Morgan fingerprint density at radius 1 is 0.759 bits per heavy atom. The molecular weight excluding hydrogens is 368 g/mol. The maximum absolute atomic E-state index is 12.9. The highest BCUT2D eigenvalue weighted by Gasteiger charge is 2.19. The highest BCUT2D eigenvalue weighted by molar-refractivity contribution is 6.09. The number of aryl methyl sites for hydroxylation is 1. The number of rotatable bonds is 6. The van der Waals surface area contributed by atoms with Crippen molar-refractivity contribution in [3.8, 4) is 11.5 Å². The van der Waals surface area contributed by atoms with Crippen LogP contribution in [0.25, 0.3) is 0 Å². The fourth-order valence-electron chi connectivity index (χ4n) is 2.89. The first-order chi connectivity index (χ1) is 14.0. The van der Waals surface area contributed by atoms with Crippen molar-refractivity contribution in [3.63, 3.8) is 0 Å². The molecule has 2 amide bonds. The van der Waals surface area contributed by atoms with Crippen LogP contribution < -0.4 is 20.1 Å². The summed E-state index contributed by atoms with van der Waals surface area (Å²) in [5.74, 6) is 0.230. The molecule has 3 aromatic carbocycles. The molecule has 6 heteroatoms. The smallest absolute Gasteiger partial charge is 0.263 e. The second-order valence-electron chi connectivity index (χ2n) is 6.34. The fourth-order valence-corrected chi connectivity index (χ4v) is 2.89. The van der Waals surface area contributed by atoms with Gasteiger partial charge in [-0.05, 0) is 48.9 Å². The Hall–Kier alpha value is -3.80. The summed E-state index contributed by atoms with van der Waals surface area (Å²) < 4.78 is 10.6. The molecule has 0 saturated carbocycles. The summed E-state index contributed by atoms with van der Waals surface area (Å²) in [5.41, 5.74) is 2.86. The van der Waals surface area contributed by atoms with Crippen molar-refractivity contribution in [2.45, 2.75) is 6.92 Å². The van der Waals surface area contributed by atoms with Gasteiger partial charge in [0.25, 0.3) is 11.8 Å². The highest BCUT2D eigenvalue weighted by atomic mass is 16.5. The minimum Gasteiger partial charge on any atom is -0.496 e. The van der Waals surface area contributed by atoms with Gasteiger partial charge in [-0.25, -0.2) is 0 Å². The van der Waals surface area contributed by atoms with Gasteiger partial charge in [0.15, 0.2) is 0 Å². The summed E-state index contributed by atoms with van der Waals surface area (Å²) in [6.45, 7) is 1.87. The lowest BCUT2D eigenvalue weighted by molar-refractivity contribution is 0.101. The van der Waals surface area contributed by atoms with Crippen LogP contribution in [0.2, 0.25) is 0 Å². The SMILES string of the molecule is COc1cccc(OC)c1C(=O)Nc1cc(NC(=O)c2ccccc2)ccc1C. The molecule has 148 valence electrons. The van der Waals surface area contributed by atoms with E-state index in [-0.39, 0.29) is 11.8 Å². The van der Waals surface area contributed by atoms with Crippen molar-refractivity contribution in [2.24, 2.45) is 0 Å². The first-order valence-electron chi connectivity index (χ1n) is 9.03. The van der Waals surface area contributed by atoms with Crippen LogP contribution in [-0.4, -0.2) is 26.0 Å². The van der Waals surface area contributed by atoms with E-state index in [1.807, 2.05) is 19.1 Å². The molecule has 0 heterocycles. The van der Waals surface area contributed by atoms with Gasteiger partial charge >= 0.3 is 0 Å². The molecule has 0 unspecified atom stereocenters. The number of carbonyl (C=O) groups excluding carboxylic acids is 2. The van der Waals surface area contributed by atoms with Crippen LogP contribution in [0.1, 0.15) is 26.3 Å². The van der Waals surface area contributed by atoms with Crippen LogP contribution in [0.4, 0.5) is 11.4 Å². The van der Waals surface area contributed by atoms with Crippen LogP contribution in [0.3, 0.4) is 0 Å². The highest BCUT2D eigenvalue weighted by Crippen LogP contribution is 2.30. The molecule has 3 rings (SSSR count). The summed E-state index contributed by atoms with van der Waals surface area (Å²) in [7, 11) is 2.99. The monoisotopic (exact) mass is 390 g/mol. The van der Waals surface area contributed by atoms with Gasteiger partial charge in [-0.1, -0.05) is 30.3 Å². The van der Waals surface area contributed by atoms with Gasteiger partial charge in [-0.2, -0.15) is 0 Å². The minimum absolute atomic E-state index is 0.224. The molecule has 0 aliphatic carbocycles. The van der Waals surface area contributed by atoms with Crippen molar-refractivity contribution >= 4 is 23.2 Å². The summed E-state index contributed by atoms with van der Waals surface area (Å²) in [6.07, 6.45) is 0. The summed E-state index contributed by atoms with van der Waals surface area (Å²) in [6, 6.07) is 19.4. The quantitative estimate of drug-likeness (QED) is 0.649. The van der Waals surface area contributed by atoms with E-state index < -0.39 is 0 Å². The zero-order valence-corrected chi connectivity index (χ0v) is 16.5. The molecule has 0 aromatic heterocycles. The third-order valence-electron chi connectivity index (χ3n) is 4.43. The van der Waals surface area contributed by atoms with Gasteiger partial charge in [0, 0.05) is 16.9 Å². The van der Waals surface area contributed by atoms with Gasteiger partial charge < -0.3 is 20.1 Å². The van der Waals surface area contributed by atoms with Crippen LogP contribution in [-0.2, 0) is 0 Å². The van der Waals surface area contributed by atoms with Gasteiger partial charge in [-0.15, -0.1) is 0 Å². The molecule has 29 heavy (non-hydrogen) atoms. The predicted molar refractivity (Wildman–Crippen MR) is 113 cm³/mol. The second-order valence-corrected chi connectivity index (χ2v) is 6.34. The molecular formula is C23H22N2O4. The minimum atomic E-state index is -0.367. The predicted octanol–water partition coefficient (Wildman–Crippen LogP) is 4.52. The van der Waals surface area contributed by atoms with Crippen LogP contribution in [0, 0.1) is 6.92 Å². The normalized spacial score (nSPS) is 10.2. The molecule has 0 aliphatic heterocycles. The van der Waals surface area contributed by atoms with Crippen LogP contribution >= 0.6 is 0 Å². The lowest BCUT2D eigenvalue weighted by Gasteiger charge is -2.15. The fraction of sp³-hybridized carbons (Fsp3) is 0.130. The zero-order valence-electron chi connectivity index (χ0n) is 16.5. The van der Waals surface area contributed by atoms with E-state index in [2.05, 4.69) is 10.6 Å². The second kappa shape index (κ2) is 8.93. The van der Waals surface area contributed by atoms with Crippen molar-refractivity contribution < 1.29 is 19.1 Å². The van der Waals surface area contributed by atoms with Gasteiger partial charge in [-0.3, -0.25) is 9.59 Å². The number of hydrogen-bond donors (Lipinski definition) is 2. The molecule has 0 atom stereocenters. The molecule has 0 radical (unpaired) electrons. The molecule has 2 N–H and O–H groups in total. The largest absolute Gasteiger partial charge is 0.496 e. The number of ether oxygens (including phenoxy) is 2. The molecule has 6 nitrogen and oxygen atoms in total. The van der Waals surface area contributed by atoms with Gasteiger partial charge in [0.1, 0.15) is 17.1 Å². The van der Waals surface area contributed by atoms with E-state index in [4.69, 9.17) is 9.47 Å². The number of nitrogens with one attached hydrogen (secondary N) is 2. The van der Waals surface area contributed by atoms with Crippen LogP contribution in [0.15, 0.2) is 66.7 Å².